The van der Waals surface area contributed by atoms with Gasteiger partial charge in [-0.25, -0.2) is 0 Å². The smallest absolute Gasteiger partial charge is 0.136 e. The Kier molecular flexibility index (Phi) is 4.16. The summed E-state index contributed by atoms with van der Waals surface area (Å²) in [6, 6.07) is 34.8. The van der Waals surface area contributed by atoms with Crippen molar-refractivity contribution >= 4 is 43.9 Å². The second-order valence-electron chi connectivity index (χ2n) is 10.1. The third-order valence-corrected chi connectivity index (χ3v) is 7.94. The largest absolute Gasteiger partial charge is 0.456 e. The molecule has 6 aromatic rings. The zero-order valence-electron chi connectivity index (χ0n) is 20.8. The molecular weight excluding hydrogens is 452 g/mol. The first-order valence-electron chi connectivity index (χ1n) is 12.9. The van der Waals surface area contributed by atoms with Crippen LogP contribution in [-0.4, -0.2) is 0 Å². The first kappa shape index (κ1) is 20.6. The van der Waals surface area contributed by atoms with E-state index in [1.165, 1.54) is 44.2 Å². The molecule has 0 N–H and O–H groups in total. The molecule has 0 atom stereocenters. The summed E-state index contributed by atoms with van der Waals surface area (Å²) in [5.41, 5.74) is 13.3. The van der Waals surface area contributed by atoms with E-state index in [2.05, 4.69) is 111 Å². The molecular formula is C35H24O2. The minimum atomic E-state index is 0.882. The van der Waals surface area contributed by atoms with Crippen LogP contribution in [0.2, 0.25) is 0 Å². The van der Waals surface area contributed by atoms with Crippen molar-refractivity contribution in [3.8, 4) is 33.4 Å². The van der Waals surface area contributed by atoms with Crippen LogP contribution in [0.4, 0.5) is 0 Å². The van der Waals surface area contributed by atoms with Gasteiger partial charge in [-0.2, -0.15) is 0 Å². The van der Waals surface area contributed by atoms with Crippen LogP contribution < -0.4 is 0 Å². The van der Waals surface area contributed by atoms with E-state index in [1.807, 2.05) is 0 Å². The molecule has 0 aromatic heterocycles. The number of rotatable bonds is 3. The highest BCUT2D eigenvalue weighted by molar-refractivity contribution is 6.26. The quantitative estimate of drug-likeness (QED) is 0.187. The second-order valence-corrected chi connectivity index (χ2v) is 10.1. The van der Waals surface area contributed by atoms with Gasteiger partial charge >= 0.3 is 0 Å². The van der Waals surface area contributed by atoms with Gasteiger partial charge in [0.25, 0.3) is 0 Å². The molecule has 0 saturated carbocycles. The molecule has 6 aromatic carbocycles. The van der Waals surface area contributed by atoms with E-state index >= 15 is 0 Å². The molecule has 0 aliphatic carbocycles. The predicted octanol–water partition coefficient (Wildman–Crippen LogP) is 10.2. The van der Waals surface area contributed by atoms with E-state index in [1.54, 1.807) is 0 Å². The number of hydrogen-bond acceptors (Lipinski definition) is 2. The summed E-state index contributed by atoms with van der Waals surface area (Å²) in [5, 5.41) is 4.62. The standard InChI is InChI=1S/C35H24O2/c1-3-21-6-10-23(11-7-21)25-13-17-29-33-27(25)15-19-31-35(33)34-30(37-29)18-14-26-24(12-16-28(36-31)32(26)34)22-8-4-20(2)5-9-22/h4-19H,3H2,1-2H3. The molecule has 0 unspecified atom stereocenters. The molecule has 2 nitrogen and oxygen atoms in total. The van der Waals surface area contributed by atoms with Crippen LogP contribution in [0.25, 0.3) is 77.3 Å². The maximum Gasteiger partial charge on any atom is 0.136 e. The van der Waals surface area contributed by atoms with E-state index < -0.39 is 0 Å². The van der Waals surface area contributed by atoms with Crippen LogP contribution in [0, 0.1) is 6.92 Å². The van der Waals surface area contributed by atoms with Crippen molar-refractivity contribution in [2.45, 2.75) is 20.3 Å². The highest BCUT2D eigenvalue weighted by Crippen LogP contribution is 2.50. The van der Waals surface area contributed by atoms with Crippen LogP contribution in [0.1, 0.15) is 18.1 Å². The van der Waals surface area contributed by atoms with Crippen LogP contribution in [-0.2, 0) is 6.42 Å². The Hall–Kier alpha value is -4.56. The molecule has 2 aliphatic heterocycles. The molecule has 0 bridgehead atoms. The average Bonchev–Trinajstić information content (AvgIpc) is 2.95. The number of hydrogen-bond donors (Lipinski definition) is 0. The monoisotopic (exact) mass is 476 g/mol. The minimum Gasteiger partial charge on any atom is -0.456 e. The van der Waals surface area contributed by atoms with Crippen molar-refractivity contribution in [3.63, 3.8) is 0 Å². The molecule has 2 heteroatoms. The fourth-order valence-electron chi connectivity index (χ4n) is 6.02. The predicted molar refractivity (Wildman–Crippen MR) is 154 cm³/mol. The Labute approximate surface area is 214 Å². The summed E-state index contributed by atoms with van der Waals surface area (Å²) < 4.78 is 13.1. The van der Waals surface area contributed by atoms with Gasteiger partial charge in [0.2, 0.25) is 0 Å². The van der Waals surface area contributed by atoms with Crippen molar-refractivity contribution < 1.29 is 8.83 Å². The summed E-state index contributed by atoms with van der Waals surface area (Å²) in [6.45, 7) is 4.31. The van der Waals surface area contributed by atoms with E-state index in [9.17, 15) is 0 Å². The lowest BCUT2D eigenvalue weighted by molar-refractivity contribution is 0.646. The fourth-order valence-corrected chi connectivity index (χ4v) is 6.02. The normalized spacial score (nSPS) is 12.2. The maximum atomic E-state index is 6.57. The van der Waals surface area contributed by atoms with Gasteiger partial charge in [0.15, 0.2) is 0 Å². The number of aryl methyl sites for hydroxylation is 2. The average molecular weight is 477 g/mol. The van der Waals surface area contributed by atoms with E-state index in [0.29, 0.717) is 0 Å². The van der Waals surface area contributed by atoms with Gasteiger partial charge in [-0.15, -0.1) is 0 Å². The Morgan fingerprint density at radius 1 is 0.486 bits per heavy atom. The van der Waals surface area contributed by atoms with Gasteiger partial charge in [0.05, 0.1) is 0 Å². The first-order valence-corrected chi connectivity index (χ1v) is 12.9. The molecule has 0 radical (unpaired) electrons. The topological polar surface area (TPSA) is 26.3 Å². The minimum absolute atomic E-state index is 0.882. The van der Waals surface area contributed by atoms with Crippen molar-refractivity contribution in [3.05, 3.63) is 108 Å². The first-order chi connectivity index (χ1) is 18.2. The lowest BCUT2D eigenvalue weighted by Gasteiger charge is -2.21. The van der Waals surface area contributed by atoms with Crippen molar-refractivity contribution in [2.24, 2.45) is 0 Å². The van der Waals surface area contributed by atoms with Crippen LogP contribution in [0.5, 0.6) is 0 Å². The molecule has 2 heterocycles. The van der Waals surface area contributed by atoms with Gasteiger partial charge in [0.1, 0.15) is 22.3 Å². The highest BCUT2D eigenvalue weighted by Gasteiger charge is 2.26. The Morgan fingerprint density at radius 3 is 1.43 bits per heavy atom. The van der Waals surface area contributed by atoms with E-state index in [-0.39, 0.29) is 0 Å². The van der Waals surface area contributed by atoms with E-state index in [4.69, 9.17) is 8.83 Å². The van der Waals surface area contributed by atoms with Crippen LogP contribution in [0.3, 0.4) is 0 Å². The molecule has 176 valence electrons. The summed E-state index contributed by atoms with van der Waals surface area (Å²) in [6.07, 6.45) is 1.04. The fraction of sp³-hybridized carbons (Fsp3) is 0.0857. The molecule has 2 aliphatic rings. The Bertz CT molecular complexity index is 2050. The molecule has 0 amide bonds. The lowest BCUT2D eigenvalue weighted by atomic mass is 9.86. The van der Waals surface area contributed by atoms with Crippen molar-refractivity contribution in [1.29, 1.82) is 0 Å². The highest BCUT2D eigenvalue weighted by atomic mass is 16.3. The summed E-state index contributed by atoms with van der Waals surface area (Å²) in [5.74, 6) is 0. The zero-order chi connectivity index (χ0) is 24.7. The van der Waals surface area contributed by atoms with Crippen LogP contribution in [0.15, 0.2) is 106 Å². The van der Waals surface area contributed by atoms with Gasteiger partial charge in [-0.05, 0) is 88.3 Å². The Morgan fingerprint density at radius 2 is 0.946 bits per heavy atom. The SMILES string of the molecule is CCc1ccc(-c2ccc3oc4ccc5c(-c6ccc(C)cc6)ccc6oc7ccc2c3c7-c4c65)cc1. The van der Waals surface area contributed by atoms with E-state index in [0.717, 1.165) is 50.7 Å². The second kappa shape index (κ2) is 7.47. The van der Waals surface area contributed by atoms with Gasteiger partial charge in [-0.3, -0.25) is 0 Å². The van der Waals surface area contributed by atoms with Gasteiger partial charge in [0, 0.05) is 21.9 Å². The molecule has 0 spiro atoms. The molecule has 0 saturated heterocycles. The van der Waals surface area contributed by atoms with Crippen LogP contribution >= 0.6 is 0 Å². The Balaban J connectivity index is 1.47. The number of benzene rings is 6. The zero-order valence-corrected chi connectivity index (χ0v) is 20.8. The van der Waals surface area contributed by atoms with Gasteiger partial charge < -0.3 is 8.83 Å². The van der Waals surface area contributed by atoms with Crippen molar-refractivity contribution in [2.75, 3.05) is 0 Å². The molecule has 8 rings (SSSR count). The molecule has 0 fully saturated rings. The summed E-state index contributed by atoms with van der Waals surface area (Å²) in [4.78, 5) is 0. The maximum absolute atomic E-state index is 6.57. The third-order valence-electron chi connectivity index (χ3n) is 7.94. The van der Waals surface area contributed by atoms with Gasteiger partial charge in [-0.1, -0.05) is 73.2 Å². The third kappa shape index (κ3) is 2.87. The summed E-state index contributed by atoms with van der Waals surface area (Å²) >= 11 is 0. The summed E-state index contributed by atoms with van der Waals surface area (Å²) in [7, 11) is 0. The lowest BCUT2D eigenvalue weighted by Crippen LogP contribution is -1.96. The molecule has 37 heavy (non-hydrogen) atoms. The van der Waals surface area contributed by atoms with Crippen molar-refractivity contribution in [1.82, 2.24) is 0 Å².